The standard InChI is InChI=1S/C20H27FN4O2/c1-14(2)19(24-8-10-27-11-9-24)13-22-20(26)16-12-23-25(15(16)3)18-7-5-4-6-17(18)21/h4-7,12,14,19H,8-11,13H2,1-3H3,(H,22,26). The van der Waals surface area contributed by atoms with Crippen LogP contribution in [0.4, 0.5) is 4.39 Å². The Balaban J connectivity index is 1.70. The fraction of sp³-hybridized carbons (Fsp3) is 0.500. The Morgan fingerprint density at radius 1 is 1.30 bits per heavy atom. The number of para-hydroxylation sites is 1. The monoisotopic (exact) mass is 374 g/mol. The van der Waals surface area contributed by atoms with Crippen molar-refractivity contribution in [3.63, 3.8) is 0 Å². The first-order chi connectivity index (χ1) is 13.0. The number of ether oxygens (including phenoxy) is 1. The zero-order chi connectivity index (χ0) is 19.4. The number of carbonyl (C=O) groups excluding carboxylic acids is 1. The summed E-state index contributed by atoms with van der Waals surface area (Å²) in [6, 6.07) is 6.65. The van der Waals surface area contributed by atoms with E-state index < -0.39 is 0 Å². The summed E-state index contributed by atoms with van der Waals surface area (Å²) in [5, 5.41) is 7.24. The van der Waals surface area contributed by atoms with E-state index >= 15 is 0 Å². The highest BCUT2D eigenvalue weighted by Gasteiger charge is 2.25. The van der Waals surface area contributed by atoms with Gasteiger partial charge in [0.15, 0.2) is 0 Å². The molecule has 1 aliphatic rings. The number of hydrogen-bond acceptors (Lipinski definition) is 4. The normalized spacial score (nSPS) is 16.5. The van der Waals surface area contributed by atoms with Crippen LogP contribution in [0.3, 0.4) is 0 Å². The molecule has 1 N–H and O–H groups in total. The van der Waals surface area contributed by atoms with Crippen molar-refractivity contribution in [2.75, 3.05) is 32.8 Å². The first kappa shape index (κ1) is 19.5. The molecule has 0 radical (unpaired) electrons. The van der Waals surface area contributed by atoms with Crippen LogP contribution in [0.15, 0.2) is 30.5 Å². The highest BCUT2D eigenvalue weighted by molar-refractivity contribution is 5.95. The fourth-order valence-corrected chi connectivity index (χ4v) is 3.49. The first-order valence-electron chi connectivity index (χ1n) is 9.38. The molecular weight excluding hydrogens is 347 g/mol. The third-order valence-corrected chi connectivity index (χ3v) is 5.09. The van der Waals surface area contributed by atoms with Gasteiger partial charge in [0.25, 0.3) is 5.91 Å². The molecule has 6 nitrogen and oxygen atoms in total. The van der Waals surface area contributed by atoms with E-state index in [2.05, 4.69) is 29.2 Å². The lowest BCUT2D eigenvalue weighted by molar-refractivity contribution is 0.00672. The Labute approximate surface area is 159 Å². The lowest BCUT2D eigenvalue weighted by Crippen LogP contribution is -2.51. The molecule has 1 atom stereocenters. The Kier molecular flexibility index (Phi) is 6.23. The average Bonchev–Trinajstić information content (AvgIpc) is 3.04. The van der Waals surface area contributed by atoms with Gasteiger partial charge in [-0.15, -0.1) is 0 Å². The fourth-order valence-electron chi connectivity index (χ4n) is 3.49. The van der Waals surface area contributed by atoms with Gasteiger partial charge in [-0.05, 0) is 25.0 Å². The predicted molar refractivity (Wildman–Crippen MR) is 102 cm³/mol. The van der Waals surface area contributed by atoms with Crippen LogP contribution in [-0.4, -0.2) is 59.5 Å². The summed E-state index contributed by atoms with van der Waals surface area (Å²) in [7, 11) is 0. The number of benzene rings is 1. The van der Waals surface area contributed by atoms with E-state index in [9.17, 15) is 9.18 Å². The molecule has 27 heavy (non-hydrogen) atoms. The molecule has 2 aromatic rings. The molecule has 1 amide bonds. The zero-order valence-corrected chi connectivity index (χ0v) is 16.1. The zero-order valence-electron chi connectivity index (χ0n) is 16.1. The maximum absolute atomic E-state index is 14.0. The van der Waals surface area contributed by atoms with Gasteiger partial charge in [0.2, 0.25) is 0 Å². The van der Waals surface area contributed by atoms with Crippen LogP contribution in [0.25, 0.3) is 5.69 Å². The van der Waals surface area contributed by atoms with Crippen molar-refractivity contribution in [1.29, 1.82) is 0 Å². The van der Waals surface area contributed by atoms with Gasteiger partial charge >= 0.3 is 0 Å². The summed E-state index contributed by atoms with van der Waals surface area (Å²) >= 11 is 0. The molecule has 1 aromatic heterocycles. The molecule has 1 fully saturated rings. The molecule has 1 unspecified atom stereocenters. The maximum atomic E-state index is 14.0. The van der Waals surface area contributed by atoms with Gasteiger partial charge in [0.05, 0.1) is 30.7 Å². The van der Waals surface area contributed by atoms with E-state index in [1.807, 2.05) is 0 Å². The van der Waals surface area contributed by atoms with Crippen LogP contribution >= 0.6 is 0 Å². The summed E-state index contributed by atoms with van der Waals surface area (Å²) in [5.41, 5.74) is 1.41. The quantitative estimate of drug-likeness (QED) is 0.844. The van der Waals surface area contributed by atoms with Gasteiger partial charge in [-0.25, -0.2) is 9.07 Å². The van der Waals surface area contributed by atoms with Crippen LogP contribution < -0.4 is 5.32 Å². The molecule has 0 saturated carbocycles. The number of hydrogen-bond donors (Lipinski definition) is 1. The van der Waals surface area contributed by atoms with Gasteiger partial charge in [-0.1, -0.05) is 26.0 Å². The number of nitrogens with one attached hydrogen (secondary N) is 1. The highest BCUT2D eigenvalue weighted by Crippen LogP contribution is 2.17. The minimum Gasteiger partial charge on any atom is -0.379 e. The molecule has 0 bridgehead atoms. The Bertz CT molecular complexity index is 784. The first-order valence-corrected chi connectivity index (χ1v) is 9.38. The van der Waals surface area contributed by atoms with E-state index in [4.69, 9.17) is 4.74 Å². The number of amides is 1. The molecule has 2 heterocycles. The third kappa shape index (κ3) is 4.36. The van der Waals surface area contributed by atoms with Crippen LogP contribution in [0.1, 0.15) is 29.9 Å². The number of nitrogens with zero attached hydrogens (tertiary/aromatic N) is 3. The Hall–Kier alpha value is -2.25. The number of carbonyl (C=O) groups is 1. The second kappa shape index (κ2) is 8.63. The van der Waals surface area contributed by atoms with Crippen molar-refractivity contribution in [1.82, 2.24) is 20.0 Å². The lowest BCUT2D eigenvalue weighted by Gasteiger charge is -2.36. The van der Waals surface area contributed by atoms with E-state index in [0.29, 0.717) is 29.4 Å². The van der Waals surface area contributed by atoms with Crippen LogP contribution in [0.2, 0.25) is 0 Å². The van der Waals surface area contributed by atoms with Gasteiger partial charge in [0.1, 0.15) is 11.5 Å². The second-order valence-corrected chi connectivity index (χ2v) is 7.18. The largest absolute Gasteiger partial charge is 0.379 e. The molecule has 1 saturated heterocycles. The molecular formula is C20H27FN4O2. The van der Waals surface area contributed by atoms with Crippen molar-refractivity contribution in [2.24, 2.45) is 5.92 Å². The topological polar surface area (TPSA) is 59.4 Å². The molecule has 146 valence electrons. The van der Waals surface area contributed by atoms with Crippen molar-refractivity contribution in [3.05, 3.63) is 47.5 Å². The minimum absolute atomic E-state index is 0.186. The number of halogens is 1. The van der Waals surface area contributed by atoms with E-state index in [1.54, 1.807) is 25.1 Å². The maximum Gasteiger partial charge on any atom is 0.254 e. The SMILES string of the molecule is Cc1c(C(=O)NCC(C(C)C)N2CCOCC2)cnn1-c1ccccc1F. The molecule has 1 aromatic carbocycles. The van der Waals surface area contributed by atoms with Gasteiger partial charge < -0.3 is 10.1 Å². The molecule has 1 aliphatic heterocycles. The second-order valence-electron chi connectivity index (χ2n) is 7.18. The Morgan fingerprint density at radius 3 is 2.67 bits per heavy atom. The van der Waals surface area contributed by atoms with Crippen LogP contribution in [-0.2, 0) is 4.74 Å². The summed E-state index contributed by atoms with van der Waals surface area (Å²) in [4.78, 5) is 15.1. The summed E-state index contributed by atoms with van der Waals surface area (Å²) in [6.45, 7) is 9.86. The number of rotatable bonds is 6. The predicted octanol–water partition coefficient (Wildman–Crippen LogP) is 2.41. The van der Waals surface area contributed by atoms with Crippen molar-refractivity contribution < 1.29 is 13.9 Å². The summed E-state index contributed by atoms with van der Waals surface area (Å²) in [5.74, 6) is -0.150. The van der Waals surface area contributed by atoms with E-state index in [-0.39, 0.29) is 17.8 Å². The van der Waals surface area contributed by atoms with E-state index in [1.165, 1.54) is 16.9 Å². The number of morpholine rings is 1. The summed E-state index contributed by atoms with van der Waals surface area (Å²) < 4.78 is 20.9. The van der Waals surface area contributed by atoms with Gasteiger partial charge in [-0.2, -0.15) is 5.10 Å². The van der Waals surface area contributed by atoms with Crippen LogP contribution in [0.5, 0.6) is 0 Å². The van der Waals surface area contributed by atoms with Gasteiger partial charge in [-0.3, -0.25) is 9.69 Å². The third-order valence-electron chi connectivity index (χ3n) is 5.09. The van der Waals surface area contributed by atoms with Crippen molar-refractivity contribution in [2.45, 2.75) is 26.8 Å². The van der Waals surface area contributed by atoms with Crippen LogP contribution in [0, 0.1) is 18.7 Å². The minimum atomic E-state index is -0.372. The highest BCUT2D eigenvalue weighted by atomic mass is 19.1. The Morgan fingerprint density at radius 2 is 2.00 bits per heavy atom. The van der Waals surface area contributed by atoms with Gasteiger partial charge in [0, 0.05) is 25.7 Å². The average molecular weight is 374 g/mol. The lowest BCUT2D eigenvalue weighted by atomic mass is 10.0. The van der Waals surface area contributed by atoms with E-state index in [0.717, 1.165) is 26.3 Å². The smallest absolute Gasteiger partial charge is 0.254 e. The summed E-state index contributed by atoms with van der Waals surface area (Å²) in [6.07, 6.45) is 1.50. The molecule has 7 heteroatoms. The molecule has 0 aliphatic carbocycles. The van der Waals surface area contributed by atoms with Crippen molar-refractivity contribution in [3.8, 4) is 5.69 Å². The molecule has 0 spiro atoms. The number of aromatic nitrogens is 2. The van der Waals surface area contributed by atoms with Crippen molar-refractivity contribution >= 4 is 5.91 Å². The molecule has 3 rings (SSSR count).